The molecule has 0 saturated heterocycles. The van der Waals surface area contributed by atoms with Crippen molar-refractivity contribution in [2.45, 2.75) is 77.0 Å². The Labute approximate surface area is 625 Å². The third-order valence-corrected chi connectivity index (χ3v) is 17.4. The SMILES string of the molecule is NCCc1cc(F)ccc1Cc1ccc(F)cc1.NCCc1cc(F)ccc1Cc1cccc(F)c1.NCCc1ccc(F)cc1Cc1ccc(F)cc1.NCCc1ccc(F)cc1Cc1cccc(F)c1.NCCc1ccc(F)cc1Cc1ccccc1F.NCCc1cccc(F)c1Cc1ccccc1F. The molecule has 6 nitrogen and oxygen atoms in total. The minimum atomic E-state index is -0.306. The first-order chi connectivity index (χ1) is 52.2. The second kappa shape index (κ2) is 45.3. The number of hydrogen-bond acceptors (Lipinski definition) is 6. The maximum atomic E-state index is 13.8. The standard InChI is InChI=1S/6C15H15F2N/c16-14-4-1-11(2-5-14)9-12-3-6-15(17)10-13(12)7-8-18;16-14-4-1-11(2-5-14)9-13-10-15(17)6-3-12(13)7-8-18;16-14-6-2-1-4-12(14)10-13-11(8-9-18)5-3-7-15(13)17;16-14-3-1-2-11(9-14)8-12-4-5-15(17)10-13(12)6-7-18;16-14-3-1-2-11(9-14)8-13-10-15(17)5-4-12(13)6-7-18;16-14-6-5-11(7-8-18)13(10-14)9-12-3-1-2-4-15(12)17/h2*1-6,10H,7-9,18H2;1-7H,8-10,18H2;2*1-5,9-10H,6-8,18H2;1-6,10H,7-9,18H2. The molecule has 0 heterocycles. The van der Waals surface area contributed by atoms with E-state index in [0.29, 0.717) is 120 Å². The normalized spacial score (nSPS) is 10.6. The lowest BCUT2D eigenvalue weighted by atomic mass is 9.97. The number of nitrogens with two attached hydrogens (primary N) is 6. The minimum Gasteiger partial charge on any atom is -0.330 e. The molecule has 0 fully saturated rings. The summed E-state index contributed by atoms with van der Waals surface area (Å²) in [5.74, 6) is -3.26. The second-order valence-corrected chi connectivity index (χ2v) is 25.4. The number of halogens is 12. The van der Waals surface area contributed by atoms with Crippen LogP contribution in [0.2, 0.25) is 0 Å². The number of rotatable bonds is 24. The molecular weight excluding hydrogens is 1390 g/mol. The van der Waals surface area contributed by atoms with Gasteiger partial charge in [-0.05, 0) is 331 Å². The van der Waals surface area contributed by atoms with E-state index in [0.717, 1.165) is 89.9 Å². The fourth-order valence-electron chi connectivity index (χ4n) is 12.0. The molecule has 0 aliphatic heterocycles. The van der Waals surface area contributed by atoms with Crippen molar-refractivity contribution in [3.63, 3.8) is 0 Å². The highest BCUT2D eigenvalue weighted by molar-refractivity contribution is 5.40. The van der Waals surface area contributed by atoms with Gasteiger partial charge in [-0.25, -0.2) is 52.7 Å². The summed E-state index contributed by atoms with van der Waals surface area (Å²) in [6, 6.07) is 66.7. The summed E-state index contributed by atoms with van der Waals surface area (Å²) in [7, 11) is 0. The van der Waals surface area contributed by atoms with E-state index in [-0.39, 0.29) is 76.2 Å². The van der Waals surface area contributed by atoms with Crippen LogP contribution in [0.4, 0.5) is 52.7 Å². The van der Waals surface area contributed by atoms with Crippen LogP contribution < -0.4 is 34.4 Å². The van der Waals surface area contributed by atoms with Gasteiger partial charge in [-0.15, -0.1) is 0 Å². The minimum absolute atomic E-state index is 0.249. The Morgan fingerprint density at radius 2 is 0.435 bits per heavy atom. The van der Waals surface area contributed by atoms with Crippen molar-refractivity contribution in [1.82, 2.24) is 0 Å². The van der Waals surface area contributed by atoms with Crippen molar-refractivity contribution < 1.29 is 52.7 Å². The molecule has 18 heteroatoms. The molecule has 0 bridgehead atoms. The van der Waals surface area contributed by atoms with E-state index >= 15 is 0 Å². The zero-order chi connectivity index (χ0) is 77.7. The van der Waals surface area contributed by atoms with Crippen molar-refractivity contribution in [3.05, 3.63) is 425 Å². The van der Waals surface area contributed by atoms with Crippen molar-refractivity contribution in [1.29, 1.82) is 0 Å². The third-order valence-electron chi connectivity index (χ3n) is 17.4. The summed E-state index contributed by atoms with van der Waals surface area (Å²) in [6.07, 6.45) is 6.97. The van der Waals surface area contributed by atoms with Crippen molar-refractivity contribution >= 4 is 0 Å². The molecule has 12 aromatic carbocycles. The van der Waals surface area contributed by atoms with Crippen LogP contribution in [0, 0.1) is 69.8 Å². The zero-order valence-corrected chi connectivity index (χ0v) is 60.0. The van der Waals surface area contributed by atoms with Gasteiger partial charge in [-0.2, -0.15) is 0 Å². The topological polar surface area (TPSA) is 156 Å². The molecule has 0 aromatic heterocycles. The molecule has 0 spiro atoms. The van der Waals surface area contributed by atoms with Gasteiger partial charge >= 0.3 is 0 Å². The van der Waals surface area contributed by atoms with Crippen LogP contribution in [-0.4, -0.2) is 39.3 Å². The van der Waals surface area contributed by atoms with Gasteiger partial charge < -0.3 is 34.4 Å². The first kappa shape index (κ1) is 84.8. The maximum absolute atomic E-state index is 13.8. The molecule has 0 unspecified atom stereocenters. The van der Waals surface area contributed by atoms with Crippen LogP contribution in [0.15, 0.2) is 255 Å². The molecule has 0 amide bonds. The molecule has 12 N–H and O–H groups in total. The fraction of sp³-hybridized carbons (Fsp3) is 0.200. The number of benzene rings is 12. The summed E-state index contributed by atoms with van der Waals surface area (Å²) in [5, 5.41) is 0. The Bertz CT molecular complexity index is 4730. The molecule has 12 aromatic rings. The lowest BCUT2D eigenvalue weighted by Crippen LogP contribution is -2.07. The molecule has 0 aliphatic carbocycles. The summed E-state index contributed by atoms with van der Waals surface area (Å²) in [6.45, 7) is 2.95. The first-order valence-electron chi connectivity index (χ1n) is 35.5. The van der Waals surface area contributed by atoms with Gasteiger partial charge in [0.2, 0.25) is 0 Å². The van der Waals surface area contributed by atoms with Gasteiger partial charge in [-0.3, -0.25) is 0 Å². The summed E-state index contributed by atoms with van der Waals surface area (Å²) >= 11 is 0. The Balaban J connectivity index is 0.000000180. The lowest BCUT2D eigenvalue weighted by molar-refractivity contribution is 0.596. The summed E-state index contributed by atoms with van der Waals surface area (Å²) in [4.78, 5) is 0. The monoisotopic (exact) mass is 1480 g/mol. The lowest BCUT2D eigenvalue weighted by Gasteiger charge is -2.10. The van der Waals surface area contributed by atoms with Crippen LogP contribution in [0.5, 0.6) is 0 Å². The quantitative estimate of drug-likeness (QED) is 0.0331. The second-order valence-electron chi connectivity index (χ2n) is 25.4. The van der Waals surface area contributed by atoms with Crippen LogP contribution >= 0.6 is 0 Å². The van der Waals surface area contributed by atoms with Gasteiger partial charge in [0.25, 0.3) is 0 Å². The molecular formula is C90H90F12N6. The van der Waals surface area contributed by atoms with Gasteiger partial charge in [0.05, 0.1) is 0 Å². The summed E-state index contributed by atoms with van der Waals surface area (Å²) < 4.78 is 159. The molecule has 0 saturated carbocycles. The predicted octanol–water partition coefficient (Wildman–Crippen LogP) is 18.3. The third kappa shape index (κ3) is 28.7. The van der Waals surface area contributed by atoms with E-state index in [4.69, 9.17) is 34.4 Å². The first-order valence-corrected chi connectivity index (χ1v) is 35.5. The van der Waals surface area contributed by atoms with Crippen molar-refractivity contribution in [3.8, 4) is 0 Å². The van der Waals surface area contributed by atoms with Gasteiger partial charge in [0.15, 0.2) is 0 Å². The van der Waals surface area contributed by atoms with Crippen molar-refractivity contribution in [2.24, 2.45) is 34.4 Å². The molecule has 0 atom stereocenters. The van der Waals surface area contributed by atoms with E-state index in [2.05, 4.69) is 0 Å². The van der Waals surface area contributed by atoms with E-state index in [1.165, 1.54) is 127 Å². The van der Waals surface area contributed by atoms with Crippen LogP contribution in [-0.2, 0) is 77.0 Å². The number of hydrogen-bond donors (Lipinski definition) is 6. The largest absolute Gasteiger partial charge is 0.330 e. The highest BCUT2D eigenvalue weighted by atomic mass is 19.2. The Morgan fingerprint density at radius 3 is 0.815 bits per heavy atom. The molecule has 564 valence electrons. The zero-order valence-electron chi connectivity index (χ0n) is 60.0. The van der Waals surface area contributed by atoms with E-state index < -0.39 is 0 Å². The van der Waals surface area contributed by atoms with Crippen LogP contribution in [0.25, 0.3) is 0 Å². The molecule has 0 radical (unpaired) electrons. The van der Waals surface area contributed by atoms with Gasteiger partial charge in [0, 0.05) is 12.8 Å². The highest BCUT2D eigenvalue weighted by Gasteiger charge is 2.14. The van der Waals surface area contributed by atoms with Crippen LogP contribution in [0.3, 0.4) is 0 Å². The Kier molecular flexibility index (Phi) is 35.6. The average molecular weight is 1480 g/mol. The van der Waals surface area contributed by atoms with Crippen molar-refractivity contribution in [2.75, 3.05) is 39.3 Å². The highest BCUT2D eigenvalue weighted by Crippen LogP contribution is 2.25. The van der Waals surface area contributed by atoms with E-state index in [9.17, 15) is 52.7 Å². The fourth-order valence-corrected chi connectivity index (χ4v) is 12.0. The predicted molar refractivity (Wildman–Crippen MR) is 410 cm³/mol. The summed E-state index contributed by atoms with van der Waals surface area (Å²) in [5.41, 5.74) is 48.7. The smallest absolute Gasteiger partial charge is 0.127 e. The maximum Gasteiger partial charge on any atom is 0.127 e. The average Bonchev–Trinajstić information content (AvgIpc) is 0.896. The van der Waals surface area contributed by atoms with Gasteiger partial charge in [-0.1, -0.05) is 127 Å². The Hall–Kier alpha value is -10.4. The molecule has 108 heavy (non-hydrogen) atoms. The van der Waals surface area contributed by atoms with E-state index in [1.807, 2.05) is 18.2 Å². The molecule has 12 rings (SSSR count). The van der Waals surface area contributed by atoms with Gasteiger partial charge in [0.1, 0.15) is 69.8 Å². The van der Waals surface area contributed by atoms with E-state index in [1.54, 1.807) is 109 Å². The van der Waals surface area contributed by atoms with Crippen LogP contribution in [0.1, 0.15) is 100 Å². The molecule has 0 aliphatic rings. The Morgan fingerprint density at radius 1 is 0.167 bits per heavy atom.